The number of unbranched alkanes of at least 4 members (excludes halogenated alkanes) is 1. The van der Waals surface area contributed by atoms with Crippen LogP contribution >= 0.6 is 0 Å². The number of H-pyrrole nitrogens is 1. The number of aromatic nitrogens is 4. The predicted molar refractivity (Wildman–Crippen MR) is 214 cm³/mol. The van der Waals surface area contributed by atoms with Gasteiger partial charge in [0.15, 0.2) is 0 Å². The lowest BCUT2D eigenvalue weighted by molar-refractivity contribution is 0.0981. The maximum Gasteiger partial charge on any atom is 0.134 e. The summed E-state index contributed by atoms with van der Waals surface area (Å²) in [6, 6.07) is 21.1. The summed E-state index contributed by atoms with van der Waals surface area (Å²) in [5, 5.41) is 0. The van der Waals surface area contributed by atoms with Crippen LogP contribution < -0.4 is 9.64 Å². The Balaban J connectivity index is 1.26. The van der Waals surface area contributed by atoms with Crippen LogP contribution in [0, 0.1) is 6.92 Å². The Kier molecular flexibility index (Phi) is 13.0. The van der Waals surface area contributed by atoms with Gasteiger partial charge in [-0.05, 0) is 118 Å². The molecule has 1 aliphatic rings. The minimum atomic E-state index is -1.20. The third-order valence-corrected chi connectivity index (χ3v) is 10.9. The van der Waals surface area contributed by atoms with Crippen LogP contribution in [0.15, 0.2) is 71.9 Å². The average Bonchev–Trinajstić information content (AvgIpc) is 3.72. The fourth-order valence-electron chi connectivity index (χ4n) is 6.65. The van der Waals surface area contributed by atoms with E-state index in [9.17, 15) is 4.21 Å². The van der Waals surface area contributed by atoms with Crippen LogP contribution in [0.3, 0.4) is 0 Å². The number of aromatic amines is 1. The van der Waals surface area contributed by atoms with Crippen molar-refractivity contribution in [2.24, 2.45) is 0 Å². The Hall–Kier alpha value is -4.25. The summed E-state index contributed by atoms with van der Waals surface area (Å²) in [5.74, 6) is 2.16. The summed E-state index contributed by atoms with van der Waals surface area (Å²) in [5.41, 5.74) is 9.64. The number of benzene rings is 3. The third-order valence-electron chi connectivity index (χ3n) is 9.62. The number of likely N-dealkylation sites (N-methyl/N-ethyl adjacent to an activating group) is 1. The van der Waals surface area contributed by atoms with Crippen molar-refractivity contribution >= 4 is 39.2 Å². The van der Waals surface area contributed by atoms with E-state index >= 15 is 0 Å². The number of hydrogen-bond donors (Lipinski definition) is 1. The zero-order chi connectivity index (χ0) is 36.5. The number of ether oxygens (including phenoxy) is 2. The number of rotatable bonds is 17. The standard InChI is InChI=1S/C42H54N6O3S/c1-6-8-23-50-24-25-51-36-14-11-32(12-15-36)33-13-18-40-35(26-33)27-34(10-9-20-47(40)22-21-46(4)5)42-44-38-17-16-37(28-39(38)45-42)52(49)29-41-31(3)43-30-48(41)19-7-2/h11-18,26-28,30H,6-10,19-25,29H2,1-5H3,(H,44,45)/b34-27+/t52-/m1/s1. The highest BCUT2D eigenvalue weighted by Gasteiger charge is 2.19. The van der Waals surface area contributed by atoms with Gasteiger partial charge in [0.25, 0.3) is 0 Å². The molecule has 0 amide bonds. The molecule has 1 N–H and O–H groups in total. The molecule has 0 spiro atoms. The number of fused-ring (bicyclic) bond motifs is 2. The molecular formula is C42H54N6O3S. The normalized spacial score (nSPS) is 15.0. The minimum Gasteiger partial charge on any atom is -0.491 e. The highest BCUT2D eigenvalue weighted by atomic mass is 32.2. The van der Waals surface area contributed by atoms with E-state index in [4.69, 9.17) is 14.5 Å². The number of anilines is 1. The molecule has 9 nitrogen and oxygen atoms in total. The van der Waals surface area contributed by atoms with Crippen LogP contribution in [-0.2, 0) is 27.8 Å². The molecule has 276 valence electrons. The average molecular weight is 723 g/mol. The monoisotopic (exact) mass is 722 g/mol. The minimum absolute atomic E-state index is 0.441. The number of aryl methyl sites for hydroxylation is 2. The van der Waals surface area contributed by atoms with Crippen molar-refractivity contribution in [3.63, 3.8) is 0 Å². The van der Waals surface area contributed by atoms with E-state index in [-0.39, 0.29) is 0 Å². The molecule has 6 rings (SSSR count). The lowest BCUT2D eigenvalue weighted by atomic mass is 9.96. The second kappa shape index (κ2) is 18.0. The van der Waals surface area contributed by atoms with E-state index in [0.717, 1.165) is 115 Å². The van der Waals surface area contributed by atoms with E-state index < -0.39 is 10.8 Å². The maximum atomic E-state index is 13.6. The summed E-state index contributed by atoms with van der Waals surface area (Å²) in [4.78, 5) is 18.7. The highest BCUT2D eigenvalue weighted by molar-refractivity contribution is 7.84. The Morgan fingerprint density at radius 3 is 2.56 bits per heavy atom. The second-order valence-corrected chi connectivity index (χ2v) is 15.4. The van der Waals surface area contributed by atoms with Gasteiger partial charge in [0.1, 0.15) is 18.2 Å². The molecular weight excluding hydrogens is 669 g/mol. The van der Waals surface area contributed by atoms with E-state index in [0.29, 0.717) is 19.0 Å². The first kappa shape index (κ1) is 37.5. The Labute approximate surface area is 311 Å². The van der Waals surface area contributed by atoms with Gasteiger partial charge in [0, 0.05) is 43.4 Å². The maximum absolute atomic E-state index is 13.6. The molecule has 52 heavy (non-hydrogen) atoms. The lowest BCUT2D eigenvalue weighted by Crippen LogP contribution is -2.33. The van der Waals surface area contributed by atoms with Crippen molar-refractivity contribution in [2.75, 3.05) is 58.5 Å². The Bertz CT molecular complexity index is 1980. The molecule has 3 heterocycles. The Morgan fingerprint density at radius 1 is 0.942 bits per heavy atom. The molecule has 0 unspecified atom stereocenters. The fraction of sp³-hybridized carbons (Fsp3) is 0.429. The molecule has 1 aliphatic heterocycles. The first-order valence-corrected chi connectivity index (χ1v) is 20.1. The molecule has 0 radical (unpaired) electrons. The SMILES string of the molecule is CCCCOCCOc1ccc(-c2ccc3c(c2)/C=C(/c2nc4ccc([S@](=O)Cc5c(C)ncn5CCC)cc4[nH]2)CCCN3CCN(C)C)cc1. The lowest BCUT2D eigenvalue weighted by Gasteiger charge is -2.30. The van der Waals surface area contributed by atoms with Crippen LogP contribution in [0.4, 0.5) is 5.69 Å². The predicted octanol–water partition coefficient (Wildman–Crippen LogP) is 8.35. The number of hydrogen-bond acceptors (Lipinski definition) is 7. The first-order chi connectivity index (χ1) is 25.3. The molecule has 0 saturated carbocycles. The van der Waals surface area contributed by atoms with Crippen LogP contribution in [0.5, 0.6) is 5.75 Å². The second-order valence-electron chi connectivity index (χ2n) is 13.9. The topological polar surface area (TPSA) is 88.5 Å². The van der Waals surface area contributed by atoms with Gasteiger partial charge < -0.3 is 28.8 Å². The largest absolute Gasteiger partial charge is 0.491 e. The van der Waals surface area contributed by atoms with Gasteiger partial charge in [0.2, 0.25) is 0 Å². The molecule has 3 aromatic carbocycles. The molecule has 0 aliphatic carbocycles. The number of nitrogens with zero attached hydrogens (tertiary/aromatic N) is 5. The van der Waals surface area contributed by atoms with Gasteiger partial charge in [-0.3, -0.25) is 4.21 Å². The van der Waals surface area contributed by atoms with Crippen molar-refractivity contribution in [1.29, 1.82) is 0 Å². The van der Waals surface area contributed by atoms with Gasteiger partial charge in [-0.25, -0.2) is 9.97 Å². The first-order valence-electron chi connectivity index (χ1n) is 18.8. The number of allylic oxidation sites excluding steroid dienone is 1. The summed E-state index contributed by atoms with van der Waals surface area (Å²) in [6.45, 7) is 12.0. The highest BCUT2D eigenvalue weighted by Crippen LogP contribution is 2.35. The van der Waals surface area contributed by atoms with Crippen LogP contribution in [0.1, 0.15) is 68.7 Å². The smallest absolute Gasteiger partial charge is 0.134 e. The molecule has 5 aromatic rings. The van der Waals surface area contributed by atoms with E-state index in [1.165, 1.54) is 16.8 Å². The van der Waals surface area contributed by atoms with E-state index in [2.05, 4.69) is 88.7 Å². The zero-order valence-corrected chi connectivity index (χ0v) is 32.3. The summed E-state index contributed by atoms with van der Waals surface area (Å²) in [7, 11) is 3.05. The van der Waals surface area contributed by atoms with Crippen LogP contribution in [0.25, 0.3) is 33.8 Å². The summed E-state index contributed by atoms with van der Waals surface area (Å²) in [6.07, 6.45) is 9.31. The summed E-state index contributed by atoms with van der Waals surface area (Å²) < 4.78 is 27.3. The molecule has 2 aromatic heterocycles. The molecule has 1 atom stereocenters. The van der Waals surface area contributed by atoms with E-state index in [1.807, 2.05) is 43.6 Å². The Morgan fingerprint density at radius 2 is 1.77 bits per heavy atom. The van der Waals surface area contributed by atoms with Crippen LogP contribution in [0.2, 0.25) is 0 Å². The quantitative estimate of drug-likeness (QED) is 0.0966. The van der Waals surface area contributed by atoms with Crippen molar-refractivity contribution in [2.45, 2.75) is 70.1 Å². The zero-order valence-electron chi connectivity index (χ0n) is 31.5. The van der Waals surface area contributed by atoms with E-state index in [1.54, 1.807) is 0 Å². The molecule has 0 saturated heterocycles. The van der Waals surface area contributed by atoms with Gasteiger partial charge in [-0.1, -0.05) is 38.5 Å². The van der Waals surface area contributed by atoms with Crippen molar-refractivity contribution < 1.29 is 13.7 Å². The van der Waals surface area contributed by atoms with Gasteiger partial charge in [-0.15, -0.1) is 0 Å². The van der Waals surface area contributed by atoms with Gasteiger partial charge in [0.05, 0.1) is 51.9 Å². The molecule has 10 heteroatoms. The number of imidazole rings is 2. The molecule has 0 fully saturated rings. The van der Waals surface area contributed by atoms with Gasteiger partial charge >= 0.3 is 0 Å². The number of nitrogens with one attached hydrogen (secondary N) is 1. The van der Waals surface area contributed by atoms with Crippen LogP contribution in [-0.4, -0.2) is 82.2 Å². The van der Waals surface area contributed by atoms with Crippen molar-refractivity contribution in [3.8, 4) is 16.9 Å². The fourth-order valence-corrected chi connectivity index (χ4v) is 7.91. The third kappa shape index (κ3) is 9.40. The molecule has 0 bridgehead atoms. The van der Waals surface area contributed by atoms with Crippen molar-refractivity contribution in [1.82, 2.24) is 24.4 Å². The summed E-state index contributed by atoms with van der Waals surface area (Å²) >= 11 is 0. The van der Waals surface area contributed by atoms with Crippen molar-refractivity contribution in [3.05, 3.63) is 89.8 Å². The van der Waals surface area contributed by atoms with Gasteiger partial charge in [-0.2, -0.15) is 0 Å².